The largest absolute Gasteiger partial charge is 0.368 e. The Labute approximate surface area is 146 Å². The van der Waals surface area contributed by atoms with Gasteiger partial charge in [0.05, 0.1) is 0 Å². The van der Waals surface area contributed by atoms with Gasteiger partial charge < -0.3 is 10.6 Å². The van der Waals surface area contributed by atoms with Crippen LogP contribution in [0.3, 0.4) is 0 Å². The number of hydrogen-bond acceptors (Lipinski definition) is 2. The molecule has 128 valence electrons. The van der Waals surface area contributed by atoms with Crippen LogP contribution in [0, 0.1) is 18.2 Å². The first-order valence-electron chi connectivity index (χ1n) is 8.60. The standard InChI is InChI=1S/C21H21FN2O/c1-13-3-6-17(22)11-18(13)15-5-4-14-10-19(23-12-16(14)9-15)24-20(25)21(2)7-8-21/h3-6,9-12,19,23H,7-8H2,1-2H3,(H,24,25). The van der Waals surface area contributed by atoms with Gasteiger partial charge in [0, 0.05) is 11.6 Å². The second-order valence-electron chi connectivity index (χ2n) is 7.29. The van der Waals surface area contributed by atoms with Gasteiger partial charge in [-0.3, -0.25) is 4.79 Å². The van der Waals surface area contributed by atoms with E-state index in [0.717, 1.165) is 40.0 Å². The zero-order valence-electron chi connectivity index (χ0n) is 14.4. The Morgan fingerprint density at radius 1 is 1.20 bits per heavy atom. The van der Waals surface area contributed by atoms with Gasteiger partial charge in [0.25, 0.3) is 0 Å². The summed E-state index contributed by atoms with van der Waals surface area (Å²) in [5.74, 6) is -0.131. The van der Waals surface area contributed by atoms with Crippen LogP contribution in [0.5, 0.6) is 0 Å². The van der Waals surface area contributed by atoms with Gasteiger partial charge in [-0.05, 0) is 71.2 Å². The molecule has 2 aromatic carbocycles. The van der Waals surface area contributed by atoms with E-state index in [1.54, 1.807) is 12.1 Å². The minimum atomic E-state index is -0.233. The number of carbonyl (C=O) groups is 1. The van der Waals surface area contributed by atoms with E-state index in [1.807, 2.05) is 44.3 Å². The molecule has 1 unspecified atom stereocenters. The molecule has 1 saturated carbocycles. The van der Waals surface area contributed by atoms with Crippen LogP contribution in [0.15, 0.2) is 36.4 Å². The number of hydrogen-bond donors (Lipinski definition) is 2. The summed E-state index contributed by atoms with van der Waals surface area (Å²) in [5.41, 5.74) is 2.73. The second kappa shape index (κ2) is 5.73. The summed E-state index contributed by atoms with van der Waals surface area (Å²) in [4.78, 5) is 12.2. The van der Waals surface area contributed by atoms with Gasteiger partial charge in [-0.25, -0.2) is 4.39 Å². The average Bonchev–Trinajstić information content (AvgIpc) is 3.35. The SMILES string of the molecule is Cc1ccc(F)cc1-c1ccc2c(c1)=CNC(NC(=O)C1(C)CC1)C=2. The zero-order valence-corrected chi connectivity index (χ0v) is 14.4. The quantitative estimate of drug-likeness (QED) is 0.902. The van der Waals surface area contributed by atoms with Crippen molar-refractivity contribution in [3.05, 3.63) is 58.2 Å². The van der Waals surface area contributed by atoms with Gasteiger partial charge in [-0.2, -0.15) is 0 Å². The monoisotopic (exact) mass is 336 g/mol. The summed E-state index contributed by atoms with van der Waals surface area (Å²) in [6.07, 6.45) is 5.65. The van der Waals surface area contributed by atoms with Crippen LogP contribution in [0.25, 0.3) is 23.4 Å². The minimum absolute atomic E-state index is 0.102. The van der Waals surface area contributed by atoms with E-state index in [2.05, 4.69) is 10.6 Å². The maximum absolute atomic E-state index is 13.6. The van der Waals surface area contributed by atoms with E-state index >= 15 is 0 Å². The van der Waals surface area contributed by atoms with Gasteiger partial charge in [0.15, 0.2) is 0 Å². The minimum Gasteiger partial charge on any atom is -0.368 e. The van der Waals surface area contributed by atoms with Crippen LogP contribution in [0.2, 0.25) is 0 Å². The maximum atomic E-state index is 13.6. The fourth-order valence-corrected chi connectivity index (χ4v) is 3.14. The molecule has 2 aromatic rings. The summed E-state index contributed by atoms with van der Waals surface area (Å²) >= 11 is 0. The highest BCUT2D eigenvalue weighted by Crippen LogP contribution is 2.45. The van der Waals surface area contributed by atoms with Crippen LogP contribution in [0.4, 0.5) is 4.39 Å². The summed E-state index contributed by atoms with van der Waals surface area (Å²) in [6, 6.07) is 10.9. The van der Waals surface area contributed by atoms with Crippen molar-refractivity contribution < 1.29 is 9.18 Å². The van der Waals surface area contributed by atoms with Gasteiger partial charge >= 0.3 is 0 Å². The summed E-state index contributed by atoms with van der Waals surface area (Å²) in [5, 5.41) is 8.35. The number of fused-ring (bicyclic) bond motifs is 1. The highest BCUT2D eigenvalue weighted by atomic mass is 19.1. The van der Waals surface area contributed by atoms with E-state index in [-0.39, 0.29) is 23.3 Å². The number of rotatable bonds is 3. The van der Waals surface area contributed by atoms with Crippen molar-refractivity contribution in [1.82, 2.24) is 10.6 Å². The number of benzene rings is 2. The Hall–Kier alpha value is -2.62. The Balaban J connectivity index is 1.63. The van der Waals surface area contributed by atoms with Crippen LogP contribution < -0.4 is 21.1 Å². The topological polar surface area (TPSA) is 41.1 Å². The predicted molar refractivity (Wildman–Crippen MR) is 97.2 cm³/mol. The third-order valence-corrected chi connectivity index (χ3v) is 5.20. The molecule has 1 fully saturated rings. The summed E-state index contributed by atoms with van der Waals surface area (Å²) in [6.45, 7) is 3.97. The Morgan fingerprint density at radius 2 is 2.00 bits per heavy atom. The molecule has 1 aliphatic heterocycles. The smallest absolute Gasteiger partial charge is 0.227 e. The molecule has 0 radical (unpaired) electrons. The van der Waals surface area contributed by atoms with E-state index in [0.29, 0.717) is 0 Å². The molecule has 0 aromatic heterocycles. The number of amides is 1. The fraction of sp³-hybridized carbons (Fsp3) is 0.286. The number of carbonyl (C=O) groups excluding carboxylic acids is 1. The van der Waals surface area contributed by atoms with E-state index in [1.165, 1.54) is 6.07 Å². The van der Waals surface area contributed by atoms with E-state index in [4.69, 9.17) is 0 Å². The summed E-state index contributed by atoms with van der Waals surface area (Å²) < 4.78 is 13.6. The zero-order chi connectivity index (χ0) is 17.6. The average molecular weight is 336 g/mol. The van der Waals surface area contributed by atoms with Crippen molar-refractivity contribution in [2.75, 3.05) is 0 Å². The van der Waals surface area contributed by atoms with Crippen LogP contribution in [0.1, 0.15) is 25.3 Å². The molecule has 1 atom stereocenters. The van der Waals surface area contributed by atoms with Gasteiger partial charge in [0.1, 0.15) is 12.0 Å². The van der Waals surface area contributed by atoms with Crippen LogP contribution in [-0.2, 0) is 4.79 Å². The lowest BCUT2D eigenvalue weighted by Gasteiger charge is -2.20. The fourth-order valence-electron chi connectivity index (χ4n) is 3.14. The molecule has 3 nitrogen and oxygen atoms in total. The third kappa shape index (κ3) is 3.04. The number of halogens is 1. The molecule has 1 heterocycles. The molecule has 4 heteroatoms. The molecule has 2 aliphatic rings. The van der Waals surface area contributed by atoms with Gasteiger partial charge in [0.2, 0.25) is 5.91 Å². The van der Waals surface area contributed by atoms with E-state index in [9.17, 15) is 9.18 Å². The van der Waals surface area contributed by atoms with Crippen LogP contribution >= 0.6 is 0 Å². The van der Waals surface area contributed by atoms with Crippen molar-refractivity contribution in [1.29, 1.82) is 0 Å². The maximum Gasteiger partial charge on any atom is 0.227 e. The van der Waals surface area contributed by atoms with Crippen LogP contribution in [-0.4, -0.2) is 12.1 Å². The van der Waals surface area contributed by atoms with Crippen molar-refractivity contribution in [3.63, 3.8) is 0 Å². The lowest BCUT2D eigenvalue weighted by Crippen LogP contribution is -2.49. The first kappa shape index (κ1) is 15.9. The normalized spacial score (nSPS) is 19.7. The lowest BCUT2D eigenvalue weighted by atomic mass is 9.98. The molecule has 4 rings (SSSR count). The Kier molecular flexibility index (Phi) is 3.64. The van der Waals surface area contributed by atoms with E-state index < -0.39 is 0 Å². The predicted octanol–water partition coefficient (Wildman–Crippen LogP) is 2.17. The Morgan fingerprint density at radius 3 is 2.76 bits per heavy atom. The Bertz CT molecular complexity index is 976. The number of aryl methyl sites for hydroxylation is 1. The molecule has 0 bridgehead atoms. The van der Waals surface area contributed by atoms with Crippen molar-refractivity contribution in [3.8, 4) is 11.1 Å². The molecule has 1 aliphatic carbocycles. The summed E-state index contributed by atoms with van der Waals surface area (Å²) in [7, 11) is 0. The molecule has 25 heavy (non-hydrogen) atoms. The van der Waals surface area contributed by atoms with Crippen molar-refractivity contribution >= 4 is 18.2 Å². The van der Waals surface area contributed by atoms with Gasteiger partial charge in [-0.15, -0.1) is 0 Å². The van der Waals surface area contributed by atoms with Crippen molar-refractivity contribution in [2.24, 2.45) is 5.41 Å². The highest BCUT2D eigenvalue weighted by Gasteiger charge is 2.45. The molecule has 1 amide bonds. The molecular weight excluding hydrogens is 315 g/mol. The molecule has 0 saturated heterocycles. The molecule has 0 spiro atoms. The lowest BCUT2D eigenvalue weighted by molar-refractivity contribution is -0.126. The molecular formula is C21H21FN2O. The third-order valence-electron chi connectivity index (χ3n) is 5.20. The first-order valence-corrected chi connectivity index (χ1v) is 8.60. The molecule has 2 N–H and O–H groups in total. The number of nitrogens with one attached hydrogen (secondary N) is 2. The van der Waals surface area contributed by atoms with Gasteiger partial charge in [-0.1, -0.05) is 25.1 Å². The van der Waals surface area contributed by atoms with Crippen molar-refractivity contribution in [2.45, 2.75) is 32.9 Å². The highest BCUT2D eigenvalue weighted by molar-refractivity contribution is 5.85. The second-order valence-corrected chi connectivity index (χ2v) is 7.29. The first-order chi connectivity index (χ1) is 11.9.